The number of ketones is 1. The predicted octanol–water partition coefficient (Wildman–Crippen LogP) is 15.1. The lowest BCUT2D eigenvalue weighted by molar-refractivity contribution is -0.152. The highest BCUT2D eigenvalue weighted by atomic mass is 16.5. The van der Waals surface area contributed by atoms with Crippen molar-refractivity contribution in [1.29, 1.82) is 0 Å². The van der Waals surface area contributed by atoms with Gasteiger partial charge in [-0.1, -0.05) is 110 Å². The summed E-state index contributed by atoms with van der Waals surface area (Å²) in [6.07, 6.45) is 32.2. The van der Waals surface area contributed by atoms with Crippen LogP contribution in [-0.2, 0) is 23.8 Å². The Labute approximate surface area is 405 Å². The second-order valence-electron chi connectivity index (χ2n) is 17.8. The molecular weight excluding hydrogens is 845 g/mol. The molecule has 0 radical (unpaired) electrons. The van der Waals surface area contributed by atoms with Gasteiger partial charge in [-0.05, 0) is 171 Å². The molecule has 68 heavy (non-hydrogen) atoms. The van der Waals surface area contributed by atoms with Crippen LogP contribution in [0.1, 0.15) is 147 Å². The number of hydrogen-bond acceptors (Lipinski definition) is 7. The van der Waals surface area contributed by atoms with Crippen molar-refractivity contribution in [2.24, 2.45) is 5.41 Å². The first-order chi connectivity index (χ1) is 33.1. The molecule has 0 saturated carbocycles. The monoisotopic (exact) mass is 915 g/mol. The van der Waals surface area contributed by atoms with Gasteiger partial charge in [0.1, 0.15) is 0 Å². The van der Waals surface area contributed by atoms with Crippen LogP contribution in [0.4, 0.5) is 0 Å². The molecule has 0 spiro atoms. The SMILES string of the molecule is C=CCCCCCC(=O)C1=CC(c2ccc(-c3ccc(C4=CC=C(c5cc(C(=O)OCCCCC=C)cc(C(=O)OCCCCC=C)c5)C=CC4)cc3)cc2)=CC(C)(C(=O)OCCCCC=C)C1. The molecule has 7 nitrogen and oxygen atoms in total. The highest BCUT2D eigenvalue weighted by Crippen LogP contribution is 2.40. The molecule has 3 aromatic rings. The summed E-state index contributed by atoms with van der Waals surface area (Å²) in [5.74, 6) is -1.19. The molecule has 0 amide bonds. The molecule has 1 atom stereocenters. The summed E-state index contributed by atoms with van der Waals surface area (Å²) < 4.78 is 17.0. The van der Waals surface area contributed by atoms with E-state index in [0.717, 1.165) is 122 Å². The zero-order valence-corrected chi connectivity index (χ0v) is 40.2. The Bertz CT molecular complexity index is 2350. The normalized spacial score (nSPS) is 15.4. The van der Waals surface area contributed by atoms with Crippen molar-refractivity contribution < 1.29 is 33.4 Å². The summed E-state index contributed by atoms with van der Waals surface area (Å²) in [5, 5.41) is 0. The van der Waals surface area contributed by atoms with Gasteiger partial charge in [-0.15, -0.1) is 26.3 Å². The van der Waals surface area contributed by atoms with E-state index in [1.807, 2.05) is 55.5 Å². The quantitative estimate of drug-likeness (QED) is 0.0296. The highest BCUT2D eigenvalue weighted by Gasteiger charge is 2.38. The predicted molar refractivity (Wildman–Crippen MR) is 279 cm³/mol. The van der Waals surface area contributed by atoms with E-state index in [-0.39, 0.29) is 25.0 Å². The second-order valence-corrected chi connectivity index (χ2v) is 17.8. The van der Waals surface area contributed by atoms with E-state index in [1.165, 1.54) is 0 Å². The van der Waals surface area contributed by atoms with Crippen LogP contribution in [0.3, 0.4) is 0 Å². The maximum atomic E-state index is 13.6. The van der Waals surface area contributed by atoms with Crippen LogP contribution >= 0.6 is 0 Å². The van der Waals surface area contributed by atoms with E-state index in [0.29, 0.717) is 48.1 Å². The van der Waals surface area contributed by atoms with Crippen molar-refractivity contribution in [3.63, 3.8) is 0 Å². The lowest BCUT2D eigenvalue weighted by Crippen LogP contribution is -2.32. The van der Waals surface area contributed by atoms with Gasteiger partial charge in [0.25, 0.3) is 0 Å². The van der Waals surface area contributed by atoms with Gasteiger partial charge in [-0.2, -0.15) is 0 Å². The fourth-order valence-corrected chi connectivity index (χ4v) is 8.25. The van der Waals surface area contributed by atoms with Crippen molar-refractivity contribution in [3.8, 4) is 11.1 Å². The van der Waals surface area contributed by atoms with E-state index in [2.05, 4.69) is 87.0 Å². The van der Waals surface area contributed by atoms with Crippen molar-refractivity contribution in [2.45, 2.75) is 110 Å². The minimum atomic E-state index is -0.965. The van der Waals surface area contributed by atoms with Crippen LogP contribution in [0, 0.1) is 5.41 Å². The van der Waals surface area contributed by atoms with Gasteiger partial charge < -0.3 is 14.2 Å². The average Bonchev–Trinajstić information content (AvgIpc) is 3.62. The Balaban J connectivity index is 1.33. The van der Waals surface area contributed by atoms with Gasteiger partial charge in [0.05, 0.1) is 36.4 Å². The number of allylic oxidation sites excluding steroid dienone is 13. The zero-order chi connectivity index (χ0) is 48.6. The van der Waals surface area contributed by atoms with Crippen molar-refractivity contribution in [1.82, 2.24) is 0 Å². The molecule has 0 aromatic heterocycles. The van der Waals surface area contributed by atoms with E-state index in [9.17, 15) is 19.2 Å². The number of ether oxygens (including phenoxy) is 3. The topological polar surface area (TPSA) is 96.0 Å². The second kappa shape index (κ2) is 27.9. The average molecular weight is 915 g/mol. The van der Waals surface area contributed by atoms with Crippen molar-refractivity contribution in [3.05, 3.63) is 187 Å². The molecule has 0 saturated heterocycles. The van der Waals surface area contributed by atoms with E-state index in [4.69, 9.17) is 14.2 Å². The van der Waals surface area contributed by atoms with Crippen LogP contribution < -0.4 is 0 Å². The van der Waals surface area contributed by atoms with Crippen LogP contribution in [-0.4, -0.2) is 43.5 Å². The standard InChI is InChI=1S/C61H70O7/c1-6-10-14-18-19-26-57(62)56-43-55(44-61(5,45-56)60(65)68-39-22-17-13-9-4)51-35-33-50(34-36-51)49-31-29-48(30-32-49)46-24-23-25-47(28-27-46)52-40-53(58(63)66-37-20-15-11-7-2)42-54(41-52)59(64)67-38-21-16-12-8-3/h6-9,23,25,27-36,40-44H,1-4,10-22,24,26,37-39,45H2,5H3. The largest absolute Gasteiger partial charge is 0.465 e. The fourth-order valence-electron chi connectivity index (χ4n) is 8.25. The maximum absolute atomic E-state index is 13.6. The third-order valence-corrected chi connectivity index (χ3v) is 12.2. The van der Waals surface area contributed by atoms with E-state index >= 15 is 0 Å². The van der Waals surface area contributed by atoms with Crippen LogP contribution in [0.15, 0.2) is 159 Å². The van der Waals surface area contributed by atoms with Gasteiger partial charge in [0, 0.05) is 6.42 Å². The zero-order valence-electron chi connectivity index (χ0n) is 40.2. The molecule has 0 aliphatic heterocycles. The van der Waals surface area contributed by atoms with E-state index < -0.39 is 17.4 Å². The van der Waals surface area contributed by atoms with Crippen LogP contribution in [0.5, 0.6) is 0 Å². The molecule has 3 aromatic carbocycles. The number of rotatable bonds is 29. The molecule has 0 bridgehead atoms. The van der Waals surface area contributed by atoms with Crippen molar-refractivity contribution in [2.75, 3.05) is 19.8 Å². The first kappa shape index (κ1) is 52.4. The maximum Gasteiger partial charge on any atom is 0.338 e. The third kappa shape index (κ3) is 16.0. The molecule has 1 unspecified atom stereocenters. The number of carbonyl (C=O) groups excluding carboxylic acids is 4. The lowest BCUT2D eigenvalue weighted by atomic mass is 9.75. The van der Waals surface area contributed by atoms with Gasteiger partial charge in [0.15, 0.2) is 5.78 Å². The molecule has 7 heteroatoms. The third-order valence-electron chi connectivity index (χ3n) is 12.2. The lowest BCUT2D eigenvalue weighted by Gasteiger charge is -2.30. The molecular formula is C61H70O7. The minimum Gasteiger partial charge on any atom is -0.465 e. The molecule has 2 aliphatic carbocycles. The summed E-state index contributed by atoms with van der Waals surface area (Å²) >= 11 is 0. The summed E-state index contributed by atoms with van der Waals surface area (Å²) in [6, 6.07) is 21.8. The van der Waals surface area contributed by atoms with Gasteiger partial charge in [-0.25, -0.2) is 9.59 Å². The Morgan fingerprint density at radius 2 is 1.06 bits per heavy atom. The van der Waals surface area contributed by atoms with Gasteiger partial charge in [-0.3, -0.25) is 9.59 Å². The summed E-state index contributed by atoms with van der Waals surface area (Å²) in [6.45, 7) is 17.9. The number of hydrogen-bond donors (Lipinski definition) is 0. The van der Waals surface area contributed by atoms with E-state index in [1.54, 1.807) is 18.2 Å². The number of esters is 3. The van der Waals surface area contributed by atoms with Crippen LogP contribution in [0.2, 0.25) is 0 Å². The molecule has 0 heterocycles. The first-order valence-corrected chi connectivity index (χ1v) is 24.4. The Morgan fingerprint density at radius 3 is 1.60 bits per heavy atom. The highest BCUT2D eigenvalue weighted by molar-refractivity contribution is 6.01. The number of benzene rings is 3. The summed E-state index contributed by atoms with van der Waals surface area (Å²) in [7, 11) is 0. The minimum absolute atomic E-state index is 0.0801. The van der Waals surface area contributed by atoms with Gasteiger partial charge >= 0.3 is 17.9 Å². The Hall–Kier alpha value is -6.60. The molecule has 356 valence electrons. The van der Waals surface area contributed by atoms with Crippen LogP contribution in [0.25, 0.3) is 27.8 Å². The smallest absolute Gasteiger partial charge is 0.338 e. The van der Waals surface area contributed by atoms with Crippen molar-refractivity contribution >= 4 is 40.4 Å². The summed E-state index contributed by atoms with van der Waals surface area (Å²) in [4.78, 5) is 53.7. The number of Topliss-reactive ketones (excluding diaryl/α,β-unsaturated/α-hetero) is 1. The van der Waals surface area contributed by atoms with Gasteiger partial charge in [0.2, 0.25) is 0 Å². The Morgan fingerprint density at radius 1 is 0.559 bits per heavy atom. The molecule has 0 fully saturated rings. The Kier molecular flexibility index (Phi) is 21.5. The summed E-state index contributed by atoms with van der Waals surface area (Å²) in [5.41, 5.74) is 7.91. The number of carbonyl (C=O) groups is 4. The number of unbranched alkanes of at least 4 members (excludes halogenated alkanes) is 9. The molecule has 0 N–H and O–H groups in total. The molecule has 2 aliphatic rings. The first-order valence-electron chi connectivity index (χ1n) is 24.4. The molecule has 5 rings (SSSR count). The fraction of sp³-hybridized carbons (Fsp3) is 0.344.